The molecule has 26 heavy (non-hydrogen) atoms. The lowest BCUT2D eigenvalue weighted by Gasteiger charge is -2.37. The van der Waals surface area contributed by atoms with Crippen molar-refractivity contribution >= 4 is 46.4 Å². The predicted molar refractivity (Wildman–Crippen MR) is 108 cm³/mol. The van der Waals surface area contributed by atoms with E-state index in [2.05, 4.69) is 26.2 Å². The van der Waals surface area contributed by atoms with Crippen LogP contribution in [0, 0.1) is 0 Å². The van der Waals surface area contributed by atoms with Gasteiger partial charge in [-0.1, -0.05) is 41.0 Å². The van der Waals surface area contributed by atoms with Crippen LogP contribution < -0.4 is 10.6 Å². The highest BCUT2D eigenvalue weighted by Crippen LogP contribution is 2.38. The van der Waals surface area contributed by atoms with Crippen LogP contribution in [0.1, 0.15) is 19.8 Å². The number of nitrogens with two attached hydrogens (primary N) is 1. The summed E-state index contributed by atoms with van der Waals surface area (Å²) in [6.07, 6.45) is 7.57. The molecule has 1 aromatic carbocycles. The van der Waals surface area contributed by atoms with E-state index >= 15 is 0 Å². The molecule has 2 N–H and O–H groups in total. The van der Waals surface area contributed by atoms with Crippen LogP contribution >= 0.6 is 35.0 Å². The standard InChI is InChI=1S/C18H19Cl2N5S/c1-18(21)5-8-24(9-6-18)14-11-23-17(16-22-7-10-25(14)16)26-13-4-2-3-12(19)15(13)20/h2-4,7,10-11H,5-6,8-9,21H2,1H3. The summed E-state index contributed by atoms with van der Waals surface area (Å²) in [7, 11) is 0. The average Bonchev–Trinajstić information content (AvgIpc) is 3.10. The second-order valence-electron chi connectivity index (χ2n) is 6.84. The largest absolute Gasteiger partial charge is 0.356 e. The van der Waals surface area contributed by atoms with Gasteiger partial charge in [-0.3, -0.25) is 4.40 Å². The molecule has 0 atom stereocenters. The first-order chi connectivity index (χ1) is 12.4. The normalized spacial score (nSPS) is 17.0. The topological polar surface area (TPSA) is 59.5 Å². The number of fused-ring (bicyclic) bond motifs is 1. The summed E-state index contributed by atoms with van der Waals surface area (Å²) in [5.74, 6) is 1.04. The summed E-state index contributed by atoms with van der Waals surface area (Å²) < 4.78 is 2.08. The summed E-state index contributed by atoms with van der Waals surface area (Å²) in [6.45, 7) is 3.94. The lowest BCUT2D eigenvalue weighted by molar-refractivity contribution is 0.362. The molecule has 1 fully saturated rings. The number of hydrogen-bond donors (Lipinski definition) is 1. The number of anilines is 1. The van der Waals surface area contributed by atoms with Gasteiger partial charge in [-0.25, -0.2) is 9.97 Å². The summed E-state index contributed by atoms with van der Waals surface area (Å²) in [5.41, 5.74) is 6.98. The molecular weight excluding hydrogens is 389 g/mol. The Morgan fingerprint density at radius 3 is 2.73 bits per heavy atom. The molecule has 1 aliphatic rings. The molecule has 136 valence electrons. The van der Waals surface area contributed by atoms with Gasteiger partial charge in [0.05, 0.1) is 16.2 Å². The Morgan fingerprint density at radius 1 is 1.19 bits per heavy atom. The number of halogens is 2. The number of nitrogens with zero attached hydrogens (tertiary/aromatic N) is 4. The van der Waals surface area contributed by atoms with Crippen LogP contribution in [-0.2, 0) is 0 Å². The van der Waals surface area contributed by atoms with E-state index in [9.17, 15) is 0 Å². The number of piperidine rings is 1. The van der Waals surface area contributed by atoms with Crippen LogP contribution in [0.4, 0.5) is 5.82 Å². The van der Waals surface area contributed by atoms with Gasteiger partial charge in [0.1, 0.15) is 10.8 Å². The van der Waals surface area contributed by atoms with Gasteiger partial charge in [-0.05, 0) is 31.9 Å². The minimum atomic E-state index is -0.0862. The zero-order valence-electron chi connectivity index (χ0n) is 14.3. The molecule has 5 nitrogen and oxygen atoms in total. The number of aromatic nitrogens is 3. The molecule has 8 heteroatoms. The average molecular weight is 408 g/mol. The molecule has 0 aliphatic carbocycles. The monoisotopic (exact) mass is 407 g/mol. The number of rotatable bonds is 3. The van der Waals surface area contributed by atoms with Crippen LogP contribution in [0.5, 0.6) is 0 Å². The van der Waals surface area contributed by atoms with Gasteiger partial charge in [0, 0.05) is 35.9 Å². The fraction of sp³-hybridized carbons (Fsp3) is 0.333. The van der Waals surface area contributed by atoms with Gasteiger partial charge in [0.25, 0.3) is 0 Å². The third kappa shape index (κ3) is 3.39. The molecule has 0 saturated carbocycles. The third-order valence-corrected chi connectivity index (χ3v) is 6.70. The number of hydrogen-bond acceptors (Lipinski definition) is 5. The first-order valence-corrected chi connectivity index (χ1v) is 10.00. The molecule has 0 amide bonds. The highest BCUT2D eigenvalue weighted by atomic mass is 35.5. The van der Waals surface area contributed by atoms with E-state index in [1.807, 2.05) is 24.5 Å². The number of benzene rings is 1. The Kier molecular flexibility index (Phi) is 4.77. The Bertz CT molecular complexity index is 946. The third-order valence-electron chi connectivity index (χ3n) is 4.73. The van der Waals surface area contributed by atoms with E-state index in [1.165, 1.54) is 11.8 Å². The van der Waals surface area contributed by atoms with E-state index in [1.54, 1.807) is 12.3 Å². The molecule has 1 aliphatic heterocycles. The van der Waals surface area contributed by atoms with Gasteiger partial charge in [-0.15, -0.1) is 0 Å². The van der Waals surface area contributed by atoms with Crippen molar-refractivity contribution in [2.75, 3.05) is 18.0 Å². The quantitative estimate of drug-likeness (QED) is 0.691. The Labute approximate surface area is 166 Å². The molecule has 4 rings (SSSR count). The van der Waals surface area contributed by atoms with Gasteiger partial charge in [0.15, 0.2) is 5.65 Å². The maximum atomic E-state index is 6.32. The van der Waals surface area contributed by atoms with E-state index in [-0.39, 0.29) is 5.54 Å². The van der Waals surface area contributed by atoms with Crippen molar-refractivity contribution in [2.24, 2.45) is 5.73 Å². The number of imidazole rings is 1. The van der Waals surface area contributed by atoms with Crippen molar-refractivity contribution in [1.82, 2.24) is 14.4 Å². The summed E-state index contributed by atoms with van der Waals surface area (Å²) >= 11 is 13.9. The van der Waals surface area contributed by atoms with Crippen molar-refractivity contribution in [3.05, 3.63) is 46.8 Å². The molecule has 3 heterocycles. The maximum Gasteiger partial charge on any atom is 0.171 e. The fourth-order valence-corrected chi connectivity index (χ4v) is 4.48. The minimum absolute atomic E-state index is 0.0862. The van der Waals surface area contributed by atoms with Crippen molar-refractivity contribution in [2.45, 2.75) is 35.2 Å². The molecule has 1 saturated heterocycles. The van der Waals surface area contributed by atoms with E-state index in [0.717, 1.165) is 47.3 Å². The van der Waals surface area contributed by atoms with Crippen LogP contribution in [-0.4, -0.2) is 33.0 Å². The lowest BCUT2D eigenvalue weighted by Crippen LogP contribution is -2.48. The molecular formula is C18H19Cl2N5S. The van der Waals surface area contributed by atoms with Crippen LogP contribution in [0.25, 0.3) is 5.65 Å². The zero-order valence-corrected chi connectivity index (χ0v) is 16.7. The first kappa shape index (κ1) is 17.9. The zero-order chi connectivity index (χ0) is 18.3. The molecule has 3 aromatic rings. The molecule has 0 radical (unpaired) electrons. The smallest absolute Gasteiger partial charge is 0.171 e. The van der Waals surface area contributed by atoms with E-state index in [0.29, 0.717) is 10.0 Å². The van der Waals surface area contributed by atoms with Crippen LogP contribution in [0.3, 0.4) is 0 Å². The second-order valence-corrected chi connectivity index (χ2v) is 8.65. The first-order valence-electron chi connectivity index (χ1n) is 8.42. The van der Waals surface area contributed by atoms with Gasteiger partial charge in [-0.2, -0.15) is 0 Å². The van der Waals surface area contributed by atoms with E-state index < -0.39 is 0 Å². The van der Waals surface area contributed by atoms with Crippen LogP contribution in [0.15, 0.2) is 46.7 Å². The Balaban J connectivity index is 1.67. The molecule has 0 unspecified atom stereocenters. The SMILES string of the molecule is CC1(N)CCN(c2cnc(Sc3cccc(Cl)c3Cl)c3nccn23)CC1. The molecule has 0 bridgehead atoms. The van der Waals surface area contributed by atoms with Gasteiger partial charge < -0.3 is 10.6 Å². The van der Waals surface area contributed by atoms with E-state index in [4.69, 9.17) is 28.9 Å². The van der Waals surface area contributed by atoms with Gasteiger partial charge in [0.2, 0.25) is 0 Å². The summed E-state index contributed by atoms with van der Waals surface area (Å²) in [6, 6.07) is 5.59. The van der Waals surface area contributed by atoms with Crippen molar-refractivity contribution in [3.8, 4) is 0 Å². The Hall–Kier alpha value is -1.47. The molecule has 2 aromatic heterocycles. The van der Waals surface area contributed by atoms with Crippen molar-refractivity contribution in [1.29, 1.82) is 0 Å². The minimum Gasteiger partial charge on any atom is -0.356 e. The summed E-state index contributed by atoms with van der Waals surface area (Å²) in [5, 5.41) is 1.86. The second kappa shape index (κ2) is 6.93. The summed E-state index contributed by atoms with van der Waals surface area (Å²) in [4.78, 5) is 12.3. The fourth-order valence-electron chi connectivity index (χ4n) is 3.10. The maximum absolute atomic E-state index is 6.32. The van der Waals surface area contributed by atoms with Gasteiger partial charge >= 0.3 is 0 Å². The highest BCUT2D eigenvalue weighted by Gasteiger charge is 2.27. The van der Waals surface area contributed by atoms with Crippen molar-refractivity contribution < 1.29 is 0 Å². The lowest BCUT2D eigenvalue weighted by atomic mass is 9.91. The Morgan fingerprint density at radius 2 is 1.96 bits per heavy atom. The molecule has 0 spiro atoms. The highest BCUT2D eigenvalue weighted by molar-refractivity contribution is 7.99. The van der Waals surface area contributed by atoms with Crippen LogP contribution in [0.2, 0.25) is 10.0 Å². The predicted octanol–water partition coefficient (Wildman–Crippen LogP) is 4.50. The van der Waals surface area contributed by atoms with Crippen molar-refractivity contribution in [3.63, 3.8) is 0 Å².